The summed E-state index contributed by atoms with van der Waals surface area (Å²) in [7, 11) is 0. The van der Waals surface area contributed by atoms with E-state index in [1.54, 1.807) is 12.3 Å². The Morgan fingerprint density at radius 1 is 0.923 bits per heavy atom. The molecule has 0 radical (unpaired) electrons. The molecule has 0 fully saturated rings. The largest absolute Gasteiger partial charge is 0.355 e. The minimum absolute atomic E-state index is 0.185. The van der Waals surface area contributed by atoms with E-state index in [1.807, 2.05) is 43.3 Å². The Morgan fingerprint density at radius 2 is 1.65 bits per heavy atom. The monoisotopic (exact) mass is 345 g/mol. The molecule has 1 heterocycles. The number of carbonyl (C=O) groups excluding carboxylic acids is 1. The first kappa shape index (κ1) is 17.7. The van der Waals surface area contributed by atoms with Crippen molar-refractivity contribution in [2.75, 3.05) is 5.32 Å². The third-order valence-electron chi connectivity index (χ3n) is 4.23. The molecule has 0 saturated heterocycles. The minimum atomic E-state index is -0.185. The van der Waals surface area contributed by atoms with Crippen LogP contribution < -0.4 is 10.6 Å². The Hall–Kier alpha value is -3.14. The zero-order valence-electron chi connectivity index (χ0n) is 15.3. The summed E-state index contributed by atoms with van der Waals surface area (Å²) in [6.45, 7) is 6.65. The second-order valence-electron chi connectivity index (χ2n) is 6.54. The Kier molecular flexibility index (Phi) is 5.32. The number of aromatic nitrogens is 1. The van der Waals surface area contributed by atoms with Crippen LogP contribution in [0.4, 0.5) is 11.4 Å². The van der Waals surface area contributed by atoms with Crippen LogP contribution in [-0.2, 0) is 6.54 Å². The van der Waals surface area contributed by atoms with Crippen LogP contribution in [0.25, 0.3) is 0 Å². The van der Waals surface area contributed by atoms with Crippen molar-refractivity contribution < 1.29 is 4.79 Å². The Balaban J connectivity index is 1.68. The molecular weight excluding hydrogens is 322 g/mol. The SMILES string of the molecule is Cc1ccc(CNC(=O)c2cc(Nc3ccc(C)cc3C)ccn2)cc1. The molecule has 2 N–H and O–H groups in total. The van der Waals surface area contributed by atoms with Crippen LogP contribution in [0.2, 0.25) is 0 Å². The third-order valence-corrected chi connectivity index (χ3v) is 4.23. The van der Waals surface area contributed by atoms with Gasteiger partial charge in [-0.05, 0) is 50.1 Å². The summed E-state index contributed by atoms with van der Waals surface area (Å²) < 4.78 is 0. The predicted molar refractivity (Wildman–Crippen MR) is 106 cm³/mol. The van der Waals surface area contributed by atoms with Gasteiger partial charge in [0, 0.05) is 24.1 Å². The van der Waals surface area contributed by atoms with Gasteiger partial charge in [-0.2, -0.15) is 0 Å². The molecule has 3 rings (SSSR count). The molecule has 0 bridgehead atoms. The number of aryl methyl sites for hydroxylation is 3. The predicted octanol–water partition coefficient (Wildman–Crippen LogP) is 4.68. The summed E-state index contributed by atoms with van der Waals surface area (Å²) in [6.07, 6.45) is 1.65. The van der Waals surface area contributed by atoms with Gasteiger partial charge in [-0.15, -0.1) is 0 Å². The maximum atomic E-state index is 12.4. The fourth-order valence-electron chi connectivity index (χ4n) is 2.72. The van der Waals surface area contributed by atoms with E-state index >= 15 is 0 Å². The van der Waals surface area contributed by atoms with E-state index in [9.17, 15) is 4.79 Å². The van der Waals surface area contributed by atoms with Crippen molar-refractivity contribution in [2.45, 2.75) is 27.3 Å². The minimum Gasteiger partial charge on any atom is -0.355 e. The molecule has 26 heavy (non-hydrogen) atoms. The van der Waals surface area contributed by atoms with Crippen molar-refractivity contribution in [3.63, 3.8) is 0 Å². The van der Waals surface area contributed by atoms with E-state index in [1.165, 1.54) is 11.1 Å². The summed E-state index contributed by atoms with van der Waals surface area (Å²) in [5.41, 5.74) is 6.90. The molecule has 0 spiro atoms. The average molecular weight is 345 g/mol. The number of nitrogens with zero attached hydrogens (tertiary/aromatic N) is 1. The lowest BCUT2D eigenvalue weighted by Crippen LogP contribution is -2.23. The van der Waals surface area contributed by atoms with E-state index in [0.29, 0.717) is 12.2 Å². The van der Waals surface area contributed by atoms with Crippen LogP contribution >= 0.6 is 0 Å². The zero-order chi connectivity index (χ0) is 18.5. The van der Waals surface area contributed by atoms with Crippen molar-refractivity contribution in [1.82, 2.24) is 10.3 Å². The van der Waals surface area contributed by atoms with Crippen LogP contribution in [0.1, 0.15) is 32.7 Å². The second kappa shape index (κ2) is 7.83. The van der Waals surface area contributed by atoms with Crippen molar-refractivity contribution in [2.24, 2.45) is 0 Å². The van der Waals surface area contributed by atoms with Gasteiger partial charge >= 0.3 is 0 Å². The number of carbonyl (C=O) groups is 1. The van der Waals surface area contributed by atoms with Crippen LogP contribution in [-0.4, -0.2) is 10.9 Å². The molecule has 1 aromatic heterocycles. The third kappa shape index (κ3) is 4.48. The van der Waals surface area contributed by atoms with Gasteiger partial charge in [0.2, 0.25) is 0 Å². The fourth-order valence-corrected chi connectivity index (χ4v) is 2.72. The van der Waals surface area contributed by atoms with Crippen LogP contribution in [0.15, 0.2) is 60.8 Å². The van der Waals surface area contributed by atoms with Gasteiger partial charge in [-0.3, -0.25) is 9.78 Å². The molecule has 0 unspecified atom stereocenters. The van der Waals surface area contributed by atoms with E-state index in [4.69, 9.17) is 0 Å². The van der Waals surface area contributed by atoms with Crippen molar-refractivity contribution in [1.29, 1.82) is 0 Å². The highest BCUT2D eigenvalue weighted by molar-refractivity contribution is 5.93. The Labute approximate surface area is 154 Å². The molecule has 132 valence electrons. The van der Waals surface area contributed by atoms with E-state index in [-0.39, 0.29) is 5.91 Å². The number of hydrogen-bond acceptors (Lipinski definition) is 3. The molecule has 1 amide bonds. The average Bonchev–Trinajstić information content (AvgIpc) is 2.63. The first-order valence-corrected chi connectivity index (χ1v) is 8.65. The Bertz CT molecular complexity index is 917. The highest BCUT2D eigenvalue weighted by atomic mass is 16.1. The van der Waals surface area contributed by atoms with Gasteiger partial charge < -0.3 is 10.6 Å². The molecule has 0 aliphatic heterocycles. The molecule has 4 nitrogen and oxygen atoms in total. The number of benzene rings is 2. The number of nitrogens with one attached hydrogen (secondary N) is 2. The topological polar surface area (TPSA) is 54.0 Å². The molecule has 0 aliphatic rings. The summed E-state index contributed by atoms with van der Waals surface area (Å²) >= 11 is 0. The highest BCUT2D eigenvalue weighted by Crippen LogP contribution is 2.21. The molecule has 0 atom stereocenters. The lowest BCUT2D eigenvalue weighted by molar-refractivity contribution is 0.0946. The first-order chi connectivity index (χ1) is 12.5. The van der Waals surface area contributed by atoms with Crippen molar-refractivity contribution in [3.05, 3.63) is 88.7 Å². The van der Waals surface area contributed by atoms with E-state index in [2.05, 4.69) is 41.6 Å². The normalized spacial score (nSPS) is 10.4. The van der Waals surface area contributed by atoms with Gasteiger partial charge in [0.25, 0.3) is 5.91 Å². The Morgan fingerprint density at radius 3 is 2.38 bits per heavy atom. The molecule has 4 heteroatoms. The molecule has 2 aromatic carbocycles. The smallest absolute Gasteiger partial charge is 0.270 e. The van der Waals surface area contributed by atoms with Crippen LogP contribution in [0.3, 0.4) is 0 Å². The van der Waals surface area contributed by atoms with Crippen molar-refractivity contribution >= 4 is 17.3 Å². The van der Waals surface area contributed by atoms with Crippen molar-refractivity contribution in [3.8, 4) is 0 Å². The number of pyridine rings is 1. The van der Waals surface area contributed by atoms with Gasteiger partial charge in [0.05, 0.1) is 0 Å². The van der Waals surface area contributed by atoms with Gasteiger partial charge in [-0.25, -0.2) is 0 Å². The van der Waals surface area contributed by atoms with E-state index in [0.717, 1.165) is 22.5 Å². The van der Waals surface area contributed by atoms with Crippen LogP contribution in [0, 0.1) is 20.8 Å². The van der Waals surface area contributed by atoms with Crippen LogP contribution in [0.5, 0.6) is 0 Å². The summed E-state index contributed by atoms with van der Waals surface area (Å²) in [6, 6.07) is 18.0. The quantitative estimate of drug-likeness (QED) is 0.706. The first-order valence-electron chi connectivity index (χ1n) is 8.65. The summed E-state index contributed by atoms with van der Waals surface area (Å²) in [5, 5.41) is 6.27. The molecule has 3 aromatic rings. The van der Waals surface area contributed by atoms with Gasteiger partial charge in [0.1, 0.15) is 5.69 Å². The summed E-state index contributed by atoms with van der Waals surface area (Å²) in [4.78, 5) is 16.6. The second-order valence-corrected chi connectivity index (χ2v) is 6.54. The zero-order valence-corrected chi connectivity index (χ0v) is 15.3. The standard InChI is InChI=1S/C22H23N3O/c1-15-4-7-18(8-5-15)14-24-22(26)21-13-19(10-11-23-21)25-20-9-6-16(2)12-17(20)3/h4-13H,14H2,1-3H3,(H,23,25)(H,24,26). The highest BCUT2D eigenvalue weighted by Gasteiger charge is 2.08. The number of anilines is 2. The lowest BCUT2D eigenvalue weighted by atomic mass is 10.1. The van der Waals surface area contributed by atoms with Gasteiger partial charge in [-0.1, -0.05) is 47.5 Å². The van der Waals surface area contributed by atoms with E-state index < -0.39 is 0 Å². The number of hydrogen-bond donors (Lipinski definition) is 2. The molecular formula is C22H23N3O. The number of amides is 1. The summed E-state index contributed by atoms with van der Waals surface area (Å²) in [5.74, 6) is -0.185. The maximum absolute atomic E-state index is 12.4. The molecule has 0 saturated carbocycles. The van der Waals surface area contributed by atoms with Gasteiger partial charge in [0.15, 0.2) is 0 Å². The number of rotatable bonds is 5. The lowest BCUT2D eigenvalue weighted by Gasteiger charge is -2.11. The molecule has 0 aliphatic carbocycles. The maximum Gasteiger partial charge on any atom is 0.270 e. The fraction of sp³-hybridized carbons (Fsp3) is 0.182.